The molecule has 19 heavy (non-hydrogen) atoms. The van der Waals surface area contributed by atoms with E-state index in [0.717, 1.165) is 30.8 Å². The molecule has 2 saturated carbocycles. The van der Waals surface area contributed by atoms with Crippen molar-refractivity contribution in [1.82, 2.24) is 5.32 Å². The lowest BCUT2D eigenvalue weighted by Crippen LogP contribution is -2.20. The van der Waals surface area contributed by atoms with Crippen molar-refractivity contribution in [3.05, 3.63) is 35.4 Å². The largest absolute Gasteiger partial charge is 0.384 e. The summed E-state index contributed by atoms with van der Waals surface area (Å²) in [7, 11) is 3.87. The molecule has 0 spiro atoms. The van der Waals surface area contributed by atoms with Crippen molar-refractivity contribution >= 4 is 0 Å². The first-order valence-corrected chi connectivity index (χ1v) is 7.60. The molecule has 1 aromatic carbocycles. The van der Waals surface area contributed by atoms with Crippen LogP contribution in [0.4, 0.5) is 0 Å². The fraction of sp³-hybridized carbons (Fsp3) is 0.647. The zero-order valence-corrected chi connectivity index (χ0v) is 12.1. The van der Waals surface area contributed by atoms with Crippen LogP contribution in [0.5, 0.6) is 0 Å². The van der Waals surface area contributed by atoms with Gasteiger partial charge in [0.15, 0.2) is 0 Å². The molecule has 3 unspecified atom stereocenters. The van der Waals surface area contributed by atoms with Crippen LogP contribution in [-0.4, -0.2) is 20.8 Å². The van der Waals surface area contributed by atoms with Crippen LogP contribution in [0, 0.1) is 17.8 Å². The van der Waals surface area contributed by atoms with E-state index < -0.39 is 0 Å². The first kappa shape index (κ1) is 13.1. The summed E-state index contributed by atoms with van der Waals surface area (Å²) in [4.78, 5) is 0. The monoisotopic (exact) mass is 259 g/mol. The van der Waals surface area contributed by atoms with Crippen LogP contribution >= 0.6 is 0 Å². The summed E-state index contributed by atoms with van der Waals surface area (Å²) >= 11 is 0. The number of rotatable bonds is 6. The minimum Gasteiger partial charge on any atom is -0.384 e. The molecule has 2 fully saturated rings. The lowest BCUT2D eigenvalue weighted by atomic mass is 9.96. The number of hydrogen-bond acceptors (Lipinski definition) is 2. The molecule has 1 N–H and O–H groups in total. The van der Waals surface area contributed by atoms with Gasteiger partial charge >= 0.3 is 0 Å². The third kappa shape index (κ3) is 2.56. The average Bonchev–Trinajstić information content (AvgIpc) is 2.91. The third-order valence-electron chi connectivity index (χ3n) is 5.10. The topological polar surface area (TPSA) is 21.3 Å². The highest BCUT2D eigenvalue weighted by Gasteiger charge is 2.55. The Bertz CT molecular complexity index is 404. The summed E-state index contributed by atoms with van der Waals surface area (Å²) in [6, 6.07) is 9.69. The predicted molar refractivity (Wildman–Crippen MR) is 78.1 cm³/mol. The second kappa shape index (κ2) is 5.64. The summed E-state index contributed by atoms with van der Waals surface area (Å²) in [5.41, 5.74) is 2.83. The van der Waals surface area contributed by atoms with Crippen LogP contribution in [0.2, 0.25) is 0 Å². The molecular formula is C17H25NO. The molecule has 0 aliphatic heterocycles. The molecule has 3 rings (SSSR count). The number of ether oxygens (including phenoxy) is 1. The molecule has 2 heteroatoms. The number of fused-ring (bicyclic) bond motifs is 1. The fourth-order valence-corrected chi connectivity index (χ4v) is 4.06. The number of benzene rings is 1. The Morgan fingerprint density at radius 1 is 1.21 bits per heavy atom. The van der Waals surface area contributed by atoms with Crippen molar-refractivity contribution in [2.45, 2.75) is 31.7 Å². The van der Waals surface area contributed by atoms with E-state index in [0.29, 0.717) is 6.04 Å². The van der Waals surface area contributed by atoms with Gasteiger partial charge in [-0.3, -0.25) is 0 Å². The van der Waals surface area contributed by atoms with E-state index in [2.05, 4.69) is 36.6 Å². The number of methoxy groups -OCH3 is 1. The summed E-state index contributed by atoms with van der Waals surface area (Å²) in [6.45, 7) is 0.807. The highest BCUT2D eigenvalue weighted by atomic mass is 16.5. The van der Waals surface area contributed by atoms with Gasteiger partial charge in [0, 0.05) is 13.2 Å². The molecule has 3 atom stereocenters. The molecule has 0 bridgehead atoms. The molecule has 0 radical (unpaired) electrons. The highest BCUT2D eigenvalue weighted by Crippen LogP contribution is 2.62. The summed E-state index contributed by atoms with van der Waals surface area (Å²) in [5, 5.41) is 3.55. The molecule has 104 valence electrons. The van der Waals surface area contributed by atoms with Gasteiger partial charge in [-0.15, -0.1) is 0 Å². The standard InChI is InChI=1S/C17H25NO/c1-18-17(16-14-4-3-5-15(14)16)13-8-6-12(7-9-13)10-11-19-2/h6-9,14-18H,3-5,10-11H2,1-2H3. The molecule has 0 amide bonds. The molecule has 2 aliphatic rings. The summed E-state index contributed by atoms with van der Waals surface area (Å²) in [5.74, 6) is 2.90. The van der Waals surface area contributed by atoms with Crippen molar-refractivity contribution in [1.29, 1.82) is 0 Å². The lowest BCUT2D eigenvalue weighted by Gasteiger charge is -2.19. The third-order valence-corrected chi connectivity index (χ3v) is 5.10. The SMILES string of the molecule is CNC(c1ccc(CCOC)cc1)C1C2CCCC21. The summed E-state index contributed by atoms with van der Waals surface area (Å²) in [6.07, 6.45) is 5.38. The van der Waals surface area contributed by atoms with E-state index in [1.165, 1.54) is 30.4 Å². The van der Waals surface area contributed by atoms with Crippen LogP contribution in [0.15, 0.2) is 24.3 Å². The maximum absolute atomic E-state index is 5.13. The van der Waals surface area contributed by atoms with Gasteiger partial charge in [-0.1, -0.05) is 30.7 Å². The maximum Gasteiger partial charge on any atom is 0.0502 e. The number of nitrogens with one attached hydrogen (secondary N) is 1. The number of hydrogen-bond donors (Lipinski definition) is 1. The minimum absolute atomic E-state index is 0.562. The molecule has 2 nitrogen and oxygen atoms in total. The van der Waals surface area contributed by atoms with Crippen molar-refractivity contribution < 1.29 is 4.74 Å². The van der Waals surface area contributed by atoms with Crippen LogP contribution in [0.3, 0.4) is 0 Å². The van der Waals surface area contributed by atoms with E-state index in [1.807, 2.05) is 0 Å². The van der Waals surface area contributed by atoms with Crippen LogP contribution in [0.1, 0.15) is 36.4 Å². The smallest absolute Gasteiger partial charge is 0.0502 e. The van der Waals surface area contributed by atoms with E-state index >= 15 is 0 Å². The maximum atomic E-state index is 5.13. The Hall–Kier alpha value is -0.860. The van der Waals surface area contributed by atoms with Gasteiger partial charge in [0.2, 0.25) is 0 Å². The Morgan fingerprint density at radius 3 is 2.47 bits per heavy atom. The Kier molecular flexibility index (Phi) is 3.90. The van der Waals surface area contributed by atoms with Gasteiger partial charge in [0.25, 0.3) is 0 Å². The van der Waals surface area contributed by atoms with E-state index in [1.54, 1.807) is 7.11 Å². The van der Waals surface area contributed by atoms with Crippen molar-refractivity contribution in [2.24, 2.45) is 17.8 Å². The quantitative estimate of drug-likeness (QED) is 0.847. The molecule has 2 aliphatic carbocycles. The Labute approximate surface area is 116 Å². The molecule has 0 heterocycles. The molecule has 0 saturated heterocycles. The molecular weight excluding hydrogens is 234 g/mol. The highest BCUT2D eigenvalue weighted by molar-refractivity contribution is 5.28. The Morgan fingerprint density at radius 2 is 1.89 bits per heavy atom. The van der Waals surface area contributed by atoms with Crippen LogP contribution in [-0.2, 0) is 11.2 Å². The van der Waals surface area contributed by atoms with Gasteiger partial charge in [-0.05, 0) is 55.2 Å². The zero-order chi connectivity index (χ0) is 13.2. The lowest BCUT2D eigenvalue weighted by molar-refractivity contribution is 0.202. The van der Waals surface area contributed by atoms with Crippen molar-refractivity contribution in [3.63, 3.8) is 0 Å². The van der Waals surface area contributed by atoms with Gasteiger partial charge in [-0.25, -0.2) is 0 Å². The van der Waals surface area contributed by atoms with E-state index in [-0.39, 0.29) is 0 Å². The van der Waals surface area contributed by atoms with Gasteiger partial charge < -0.3 is 10.1 Å². The zero-order valence-electron chi connectivity index (χ0n) is 12.1. The van der Waals surface area contributed by atoms with Gasteiger partial charge in [0.1, 0.15) is 0 Å². The molecule has 0 aromatic heterocycles. The summed E-state index contributed by atoms with van der Waals surface area (Å²) < 4.78 is 5.13. The van der Waals surface area contributed by atoms with Crippen molar-refractivity contribution in [2.75, 3.05) is 20.8 Å². The second-order valence-electron chi connectivity index (χ2n) is 6.09. The van der Waals surface area contributed by atoms with E-state index in [4.69, 9.17) is 4.74 Å². The van der Waals surface area contributed by atoms with Gasteiger partial charge in [0.05, 0.1) is 6.61 Å². The van der Waals surface area contributed by atoms with Crippen LogP contribution < -0.4 is 5.32 Å². The van der Waals surface area contributed by atoms with Crippen molar-refractivity contribution in [3.8, 4) is 0 Å². The first-order valence-electron chi connectivity index (χ1n) is 7.60. The second-order valence-corrected chi connectivity index (χ2v) is 6.09. The van der Waals surface area contributed by atoms with Gasteiger partial charge in [-0.2, -0.15) is 0 Å². The average molecular weight is 259 g/mol. The minimum atomic E-state index is 0.562. The first-order chi connectivity index (χ1) is 9.35. The van der Waals surface area contributed by atoms with E-state index in [9.17, 15) is 0 Å². The van der Waals surface area contributed by atoms with Crippen LogP contribution in [0.25, 0.3) is 0 Å². The predicted octanol–water partition coefficient (Wildman–Crippen LogP) is 3.18. The molecule has 1 aromatic rings. The Balaban J connectivity index is 1.66. The fourth-order valence-electron chi connectivity index (χ4n) is 4.06. The normalized spacial score (nSPS) is 30.1.